The highest BCUT2D eigenvalue weighted by atomic mass is 35.5. The Hall–Kier alpha value is -3.10. The van der Waals surface area contributed by atoms with Gasteiger partial charge in [0.1, 0.15) is 5.75 Å². The molecule has 0 aliphatic carbocycles. The quantitative estimate of drug-likeness (QED) is 0.214. The number of phenols is 1. The Morgan fingerprint density at radius 3 is 2.89 bits per heavy atom. The molecule has 0 atom stereocenters. The van der Waals surface area contributed by atoms with Crippen molar-refractivity contribution in [2.24, 2.45) is 0 Å². The molecule has 0 spiro atoms. The minimum absolute atomic E-state index is 0.0344. The molecule has 0 saturated heterocycles. The zero-order chi connectivity index (χ0) is 19.9. The molecule has 1 heterocycles. The number of nitrogens with one attached hydrogen (secondary N) is 2. The average Bonchev–Trinajstić information content (AvgIpc) is 2.66. The predicted molar refractivity (Wildman–Crippen MR) is 107 cm³/mol. The lowest BCUT2D eigenvalue weighted by atomic mass is 10.1. The molecule has 9 heteroatoms. The Morgan fingerprint density at radius 2 is 2.07 bits per heavy atom. The van der Waals surface area contributed by atoms with Crippen LogP contribution in [0, 0.1) is 10.1 Å². The van der Waals surface area contributed by atoms with Gasteiger partial charge in [0, 0.05) is 40.1 Å². The number of fused-ring (bicyclic) bond motifs is 1. The lowest BCUT2D eigenvalue weighted by Gasteiger charge is -2.12. The summed E-state index contributed by atoms with van der Waals surface area (Å²) in [6, 6.07) is 12.6. The monoisotopic (exact) mass is 402 g/mol. The lowest BCUT2D eigenvalue weighted by Crippen LogP contribution is -2.17. The number of rotatable bonds is 9. The molecule has 0 aliphatic rings. The van der Waals surface area contributed by atoms with Crippen molar-refractivity contribution >= 4 is 33.9 Å². The fourth-order valence-electron chi connectivity index (χ4n) is 2.75. The number of pyridine rings is 1. The maximum absolute atomic E-state index is 10.1. The molecular formula is C19H19ClN4O4. The second kappa shape index (κ2) is 9.20. The number of nitrogens with zero attached hydrogens (tertiary/aromatic N) is 2. The zero-order valence-electron chi connectivity index (χ0n) is 14.9. The van der Waals surface area contributed by atoms with Crippen molar-refractivity contribution in [3.63, 3.8) is 0 Å². The van der Waals surface area contributed by atoms with Crippen molar-refractivity contribution in [3.8, 4) is 5.75 Å². The third-order valence-corrected chi connectivity index (χ3v) is 4.31. The van der Waals surface area contributed by atoms with Crippen LogP contribution < -0.4 is 10.6 Å². The number of hydrogen-bond donors (Lipinski definition) is 3. The molecule has 0 saturated carbocycles. The summed E-state index contributed by atoms with van der Waals surface area (Å²) in [7, 11) is 0. The number of hydrogen-bond acceptors (Lipinski definition) is 7. The Morgan fingerprint density at radius 1 is 1.21 bits per heavy atom. The van der Waals surface area contributed by atoms with Crippen molar-refractivity contribution in [2.45, 2.75) is 13.0 Å². The van der Waals surface area contributed by atoms with Gasteiger partial charge in [-0.25, -0.2) is 0 Å². The summed E-state index contributed by atoms with van der Waals surface area (Å²) in [5, 5.41) is 27.4. The SMILES string of the molecule is O=[N+]([O-])OCCCNCc1cc(Nc2ccnc3cc(Cl)ccc23)ccc1O. The van der Waals surface area contributed by atoms with Crippen LogP contribution in [0.1, 0.15) is 12.0 Å². The zero-order valence-corrected chi connectivity index (χ0v) is 15.6. The number of benzene rings is 2. The highest BCUT2D eigenvalue weighted by molar-refractivity contribution is 6.31. The van der Waals surface area contributed by atoms with Gasteiger partial charge in [-0.15, -0.1) is 10.1 Å². The van der Waals surface area contributed by atoms with Crippen molar-refractivity contribution < 1.29 is 15.0 Å². The van der Waals surface area contributed by atoms with Crippen LogP contribution in [0.4, 0.5) is 11.4 Å². The lowest BCUT2D eigenvalue weighted by molar-refractivity contribution is -0.757. The van der Waals surface area contributed by atoms with Gasteiger partial charge in [0.05, 0.1) is 12.1 Å². The van der Waals surface area contributed by atoms with Gasteiger partial charge in [-0.3, -0.25) is 4.98 Å². The smallest absolute Gasteiger partial charge is 0.294 e. The van der Waals surface area contributed by atoms with Gasteiger partial charge in [0.2, 0.25) is 0 Å². The first kappa shape index (κ1) is 19.7. The van der Waals surface area contributed by atoms with Crippen molar-refractivity contribution in [2.75, 3.05) is 18.5 Å². The van der Waals surface area contributed by atoms with E-state index < -0.39 is 5.09 Å². The summed E-state index contributed by atoms with van der Waals surface area (Å²) in [6.45, 7) is 0.986. The van der Waals surface area contributed by atoms with E-state index in [1.54, 1.807) is 24.4 Å². The van der Waals surface area contributed by atoms with Gasteiger partial charge < -0.3 is 20.6 Å². The molecule has 0 amide bonds. The third kappa shape index (κ3) is 5.21. The van der Waals surface area contributed by atoms with E-state index in [0.29, 0.717) is 30.1 Å². The van der Waals surface area contributed by atoms with Crippen LogP contribution in [0.3, 0.4) is 0 Å². The minimum atomic E-state index is -0.808. The van der Waals surface area contributed by atoms with Gasteiger partial charge >= 0.3 is 0 Å². The second-order valence-corrected chi connectivity index (χ2v) is 6.51. The molecule has 0 bridgehead atoms. The molecular weight excluding hydrogens is 384 g/mol. The van der Waals surface area contributed by atoms with Gasteiger partial charge in [-0.05, 0) is 55.4 Å². The molecule has 146 valence electrons. The van der Waals surface area contributed by atoms with Crippen LogP contribution in [0.15, 0.2) is 48.7 Å². The molecule has 8 nitrogen and oxygen atoms in total. The van der Waals surface area contributed by atoms with Gasteiger partial charge in [-0.1, -0.05) is 11.6 Å². The fraction of sp³-hybridized carbons (Fsp3) is 0.211. The Bertz CT molecular complexity index is 983. The van der Waals surface area contributed by atoms with E-state index in [9.17, 15) is 15.2 Å². The summed E-state index contributed by atoms with van der Waals surface area (Å²) in [5.74, 6) is 0.172. The Balaban J connectivity index is 1.66. The summed E-state index contributed by atoms with van der Waals surface area (Å²) in [5.41, 5.74) is 3.19. The maximum Gasteiger partial charge on any atom is 0.294 e. The summed E-state index contributed by atoms with van der Waals surface area (Å²) >= 11 is 6.03. The maximum atomic E-state index is 10.1. The van der Waals surface area contributed by atoms with Crippen molar-refractivity contribution in [1.82, 2.24) is 10.3 Å². The predicted octanol–water partition coefficient (Wildman–Crippen LogP) is 4.03. The highest BCUT2D eigenvalue weighted by Gasteiger charge is 2.06. The fourth-order valence-corrected chi connectivity index (χ4v) is 2.92. The standard InChI is InChI=1S/C19H19ClN4O4/c20-14-2-4-16-17(6-8-22-18(16)11-14)23-15-3-5-19(25)13(10-15)12-21-7-1-9-28-24(26)27/h2-6,8,10-11,21,25H,1,7,9,12H2,(H,22,23). The second-order valence-electron chi connectivity index (χ2n) is 6.08. The Kier molecular flexibility index (Phi) is 6.46. The molecule has 28 heavy (non-hydrogen) atoms. The van der Waals surface area contributed by atoms with Crippen molar-refractivity contribution in [1.29, 1.82) is 0 Å². The van der Waals surface area contributed by atoms with Crippen molar-refractivity contribution in [3.05, 3.63) is 69.4 Å². The Labute approximate surface area is 166 Å². The van der Waals surface area contributed by atoms with E-state index in [2.05, 4.69) is 20.5 Å². The van der Waals surface area contributed by atoms with E-state index in [4.69, 9.17) is 11.6 Å². The van der Waals surface area contributed by atoms with Gasteiger partial charge in [0.15, 0.2) is 0 Å². The summed E-state index contributed by atoms with van der Waals surface area (Å²) in [6.07, 6.45) is 2.20. The highest BCUT2D eigenvalue weighted by Crippen LogP contribution is 2.29. The van der Waals surface area contributed by atoms with E-state index in [0.717, 1.165) is 22.3 Å². The molecule has 0 fully saturated rings. The first-order chi connectivity index (χ1) is 13.5. The van der Waals surface area contributed by atoms with Gasteiger partial charge in [0.25, 0.3) is 5.09 Å². The molecule has 3 N–H and O–H groups in total. The summed E-state index contributed by atoms with van der Waals surface area (Å²) < 4.78 is 0. The number of anilines is 2. The van der Waals surface area contributed by atoms with Crippen LogP contribution >= 0.6 is 11.6 Å². The third-order valence-electron chi connectivity index (χ3n) is 4.07. The van der Waals surface area contributed by atoms with E-state index in [1.807, 2.05) is 24.3 Å². The molecule has 1 aromatic heterocycles. The molecule has 2 aromatic carbocycles. The average molecular weight is 403 g/mol. The minimum Gasteiger partial charge on any atom is -0.508 e. The number of phenolic OH excluding ortho intramolecular Hbond substituents is 1. The number of halogens is 1. The topological polar surface area (TPSA) is 110 Å². The molecule has 3 aromatic rings. The molecule has 0 radical (unpaired) electrons. The van der Waals surface area contributed by atoms with Crippen LogP contribution in [0.5, 0.6) is 5.75 Å². The first-order valence-corrected chi connectivity index (χ1v) is 9.02. The van der Waals surface area contributed by atoms with Gasteiger partial charge in [-0.2, -0.15) is 0 Å². The van der Waals surface area contributed by atoms with Crippen LogP contribution in [-0.2, 0) is 11.4 Å². The van der Waals surface area contributed by atoms with E-state index in [1.165, 1.54) is 0 Å². The first-order valence-electron chi connectivity index (χ1n) is 8.64. The molecule has 0 unspecified atom stereocenters. The van der Waals surface area contributed by atoms with Crippen LogP contribution in [0.25, 0.3) is 10.9 Å². The van der Waals surface area contributed by atoms with Crippen LogP contribution in [0.2, 0.25) is 5.02 Å². The number of aromatic hydroxyl groups is 1. The summed E-state index contributed by atoms with van der Waals surface area (Å²) in [4.78, 5) is 18.7. The largest absolute Gasteiger partial charge is 0.508 e. The van der Waals surface area contributed by atoms with E-state index in [-0.39, 0.29) is 12.4 Å². The van der Waals surface area contributed by atoms with E-state index >= 15 is 0 Å². The normalized spacial score (nSPS) is 10.8. The van der Waals surface area contributed by atoms with Crippen LogP contribution in [-0.4, -0.2) is 28.3 Å². The number of aromatic nitrogens is 1. The molecule has 0 aliphatic heterocycles. The molecule has 3 rings (SSSR count).